The summed E-state index contributed by atoms with van der Waals surface area (Å²) in [6.45, 7) is 3.74. The van der Waals surface area contributed by atoms with Gasteiger partial charge in [-0.2, -0.15) is 0 Å². The standard InChI is InChI=1S/C13H22N2O5/c1-2-8-20-10-4-3-7-15(9-10)13(19)14-11(16)5-6-12(17)18/h10H,2-9H2,1H3,(H,17,18)(H,14,16,19). The summed E-state index contributed by atoms with van der Waals surface area (Å²) < 4.78 is 5.61. The molecule has 0 aromatic heterocycles. The minimum atomic E-state index is -1.06. The van der Waals surface area contributed by atoms with Crippen LogP contribution in [0.2, 0.25) is 0 Å². The lowest BCUT2D eigenvalue weighted by Crippen LogP contribution is -2.49. The van der Waals surface area contributed by atoms with Crippen molar-refractivity contribution in [1.82, 2.24) is 10.2 Å². The Kier molecular flexibility index (Phi) is 7.00. The molecule has 7 heteroatoms. The molecular weight excluding hydrogens is 264 g/mol. The van der Waals surface area contributed by atoms with E-state index in [-0.39, 0.29) is 18.9 Å². The summed E-state index contributed by atoms with van der Waals surface area (Å²) in [6, 6.07) is -0.467. The van der Waals surface area contributed by atoms with Crippen LogP contribution in [0.15, 0.2) is 0 Å². The fraction of sp³-hybridized carbons (Fsp3) is 0.769. The van der Waals surface area contributed by atoms with Crippen molar-refractivity contribution in [1.29, 1.82) is 0 Å². The van der Waals surface area contributed by atoms with Gasteiger partial charge in [-0.05, 0) is 19.3 Å². The molecule has 1 aliphatic heterocycles. The first-order valence-corrected chi connectivity index (χ1v) is 6.95. The van der Waals surface area contributed by atoms with Gasteiger partial charge in [-0.15, -0.1) is 0 Å². The van der Waals surface area contributed by atoms with E-state index in [1.807, 2.05) is 6.92 Å². The minimum Gasteiger partial charge on any atom is -0.481 e. The average molecular weight is 286 g/mol. The van der Waals surface area contributed by atoms with Crippen LogP contribution in [0.3, 0.4) is 0 Å². The van der Waals surface area contributed by atoms with Crippen LogP contribution in [0.1, 0.15) is 39.0 Å². The lowest BCUT2D eigenvalue weighted by Gasteiger charge is -2.32. The second-order valence-electron chi connectivity index (χ2n) is 4.83. The van der Waals surface area contributed by atoms with E-state index in [9.17, 15) is 14.4 Å². The number of hydrogen-bond donors (Lipinski definition) is 2. The summed E-state index contributed by atoms with van der Waals surface area (Å²) in [6.07, 6.45) is 2.23. The number of ether oxygens (including phenoxy) is 1. The third-order valence-corrected chi connectivity index (χ3v) is 3.04. The van der Waals surface area contributed by atoms with Crippen LogP contribution in [0.4, 0.5) is 4.79 Å². The number of likely N-dealkylation sites (tertiary alicyclic amines) is 1. The molecule has 0 aromatic rings. The third-order valence-electron chi connectivity index (χ3n) is 3.04. The van der Waals surface area contributed by atoms with Crippen molar-refractivity contribution < 1.29 is 24.2 Å². The molecule has 0 aliphatic carbocycles. The number of nitrogens with one attached hydrogen (secondary N) is 1. The van der Waals surface area contributed by atoms with Crippen molar-refractivity contribution in [2.45, 2.75) is 45.1 Å². The van der Waals surface area contributed by atoms with Crippen molar-refractivity contribution in [3.63, 3.8) is 0 Å². The zero-order valence-electron chi connectivity index (χ0n) is 11.8. The third kappa shape index (κ3) is 6.01. The molecule has 0 radical (unpaired) electrons. The summed E-state index contributed by atoms with van der Waals surface area (Å²) in [4.78, 5) is 35.2. The second kappa shape index (κ2) is 8.52. The molecule has 3 amide bonds. The number of carboxylic acid groups (broad SMARTS) is 1. The monoisotopic (exact) mass is 286 g/mol. The Morgan fingerprint density at radius 3 is 2.75 bits per heavy atom. The normalized spacial score (nSPS) is 18.6. The van der Waals surface area contributed by atoms with Gasteiger partial charge in [0.2, 0.25) is 5.91 Å². The lowest BCUT2D eigenvalue weighted by molar-refractivity contribution is -0.138. The fourth-order valence-electron chi connectivity index (χ4n) is 2.02. The van der Waals surface area contributed by atoms with Crippen LogP contribution < -0.4 is 5.32 Å². The Balaban J connectivity index is 2.34. The number of imide groups is 1. The lowest BCUT2D eigenvalue weighted by atomic mass is 10.1. The van der Waals surface area contributed by atoms with Crippen LogP contribution in [0, 0.1) is 0 Å². The van der Waals surface area contributed by atoms with E-state index in [2.05, 4.69) is 5.32 Å². The molecule has 2 N–H and O–H groups in total. The zero-order chi connectivity index (χ0) is 15.0. The van der Waals surface area contributed by atoms with Gasteiger partial charge in [-0.3, -0.25) is 14.9 Å². The zero-order valence-corrected chi connectivity index (χ0v) is 11.8. The SMILES string of the molecule is CCCOC1CCCN(C(=O)NC(=O)CCC(=O)O)C1. The van der Waals surface area contributed by atoms with E-state index in [1.54, 1.807) is 4.90 Å². The molecule has 1 heterocycles. The molecule has 0 saturated carbocycles. The summed E-state index contributed by atoms with van der Waals surface area (Å²) >= 11 is 0. The Hall–Kier alpha value is -1.63. The number of urea groups is 1. The Labute approximate surface area is 118 Å². The summed E-state index contributed by atoms with van der Waals surface area (Å²) in [5.74, 6) is -1.62. The number of aliphatic carboxylic acids is 1. The molecule has 0 aromatic carbocycles. The van der Waals surface area contributed by atoms with E-state index in [0.29, 0.717) is 19.7 Å². The first-order valence-electron chi connectivity index (χ1n) is 6.95. The van der Waals surface area contributed by atoms with Crippen molar-refractivity contribution in [2.75, 3.05) is 19.7 Å². The number of hydrogen-bond acceptors (Lipinski definition) is 4. The van der Waals surface area contributed by atoms with Gasteiger partial charge < -0.3 is 14.7 Å². The molecular formula is C13H22N2O5. The number of piperidine rings is 1. The Bertz CT molecular complexity index is 359. The Morgan fingerprint density at radius 1 is 1.35 bits per heavy atom. The van der Waals surface area contributed by atoms with Gasteiger partial charge in [-0.25, -0.2) is 4.79 Å². The summed E-state index contributed by atoms with van der Waals surface area (Å²) in [7, 11) is 0. The predicted molar refractivity (Wildman–Crippen MR) is 71.2 cm³/mol. The van der Waals surface area contributed by atoms with Crippen molar-refractivity contribution in [3.8, 4) is 0 Å². The molecule has 1 atom stereocenters. The van der Waals surface area contributed by atoms with Crippen LogP contribution >= 0.6 is 0 Å². The van der Waals surface area contributed by atoms with Gasteiger partial charge >= 0.3 is 12.0 Å². The molecule has 114 valence electrons. The van der Waals surface area contributed by atoms with Gasteiger partial charge in [0, 0.05) is 26.1 Å². The molecule has 20 heavy (non-hydrogen) atoms. The predicted octanol–water partition coefficient (Wildman–Crippen LogP) is 0.978. The number of nitrogens with zero attached hydrogens (tertiary/aromatic N) is 1. The van der Waals surface area contributed by atoms with Gasteiger partial charge in [0.15, 0.2) is 0 Å². The van der Waals surface area contributed by atoms with Crippen LogP contribution in [0.25, 0.3) is 0 Å². The summed E-state index contributed by atoms with van der Waals surface area (Å²) in [5.41, 5.74) is 0. The van der Waals surface area contributed by atoms with E-state index in [4.69, 9.17) is 9.84 Å². The highest BCUT2D eigenvalue weighted by molar-refractivity contribution is 5.95. The number of carbonyl (C=O) groups is 3. The van der Waals surface area contributed by atoms with Crippen LogP contribution in [-0.4, -0.2) is 53.7 Å². The first kappa shape index (κ1) is 16.4. The van der Waals surface area contributed by atoms with Gasteiger partial charge in [0.25, 0.3) is 0 Å². The Morgan fingerprint density at radius 2 is 2.10 bits per heavy atom. The largest absolute Gasteiger partial charge is 0.481 e. The van der Waals surface area contributed by atoms with Gasteiger partial charge in [-0.1, -0.05) is 6.92 Å². The maximum atomic E-state index is 11.9. The highest BCUT2D eigenvalue weighted by atomic mass is 16.5. The molecule has 0 bridgehead atoms. The maximum Gasteiger partial charge on any atom is 0.324 e. The topological polar surface area (TPSA) is 95.9 Å². The molecule has 7 nitrogen and oxygen atoms in total. The molecule has 1 fully saturated rings. The molecule has 1 aliphatic rings. The number of carbonyl (C=O) groups excluding carboxylic acids is 2. The number of amides is 3. The molecule has 0 spiro atoms. The van der Waals surface area contributed by atoms with E-state index >= 15 is 0 Å². The number of rotatable bonds is 6. The minimum absolute atomic E-state index is 0.0172. The van der Waals surface area contributed by atoms with Crippen LogP contribution in [0.5, 0.6) is 0 Å². The molecule has 1 rings (SSSR count). The van der Waals surface area contributed by atoms with Crippen molar-refractivity contribution >= 4 is 17.9 Å². The maximum absolute atomic E-state index is 11.9. The van der Waals surface area contributed by atoms with E-state index in [0.717, 1.165) is 19.3 Å². The van der Waals surface area contributed by atoms with Gasteiger partial charge in [0.1, 0.15) is 0 Å². The van der Waals surface area contributed by atoms with E-state index < -0.39 is 17.9 Å². The van der Waals surface area contributed by atoms with Crippen LogP contribution in [-0.2, 0) is 14.3 Å². The fourth-order valence-corrected chi connectivity index (χ4v) is 2.02. The molecule has 1 saturated heterocycles. The first-order chi connectivity index (χ1) is 9.52. The summed E-state index contributed by atoms with van der Waals surface area (Å²) in [5, 5.41) is 10.7. The second-order valence-corrected chi connectivity index (χ2v) is 4.83. The van der Waals surface area contributed by atoms with Crippen molar-refractivity contribution in [2.24, 2.45) is 0 Å². The number of carboxylic acids is 1. The average Bonchev–Trinajstić information content (AvgIpc) is 2.43. The highest BCUT2D eigenvalue weighted by Crippen LogP contribution is 2.13. The highest BCUT2D eigenvalue weighted by Gasteiger charge is 2.25. The molecule has 1 unspecified atom stereocenters. The quantitative estimate of drug-likeness (QED) is 0.758. The van der Waals surface area contributed by atoms with Gasteiger partial charge in [0.05, 0.1) is 12.5 Å². The van der Waals surface area contributed by atoms with E-state index in [1.165, 1.54) is 0 Å². The van der Waals surface area contributed by atoms with Crippen molar-refractivity contribution in [3.05, 3.63) is 0 Å². The smallest absolute Gasteiger partial charge is 0.324 e.